The average molecular weight is 469 g/mol. The molecule has 5 aromatic rings. The third kappa shape index (κ3) is 3.92. The normalized spacial score (nSPS) is 12.0. The van der Waals surface area contributed by atoms with Crippen LogP contribution in [0.5, 0.6) is 0 Å². The summed E-state index contributed by atoms with van der Waals surface area (Å²) in [5, 5.41) is 3.42. The van der Waals surface area contributed by atoms with Crippen LogP contribution in [0.2, 0.25) is 0 Å². The van der Waals surface area contributed by atoms with Gasteiger partial charge in [0.2, 0.25) is 5.95 Å². The van der Waals surface area contributed by atoms with Crippen LogP contribution in [0, 0.1) is 0 Å². The van der Waals surface area contributed by atoms with Crippen LogP contribution in [0.1, 0.15) is 27.4 Å². The number of ether oxygens (including phenoxy) is 1. The molecule has 3 aromatic heterocycles. The number of aromatic nitrogens is 2. The highest BCUT2D eigenvalue weighted by molar-refractivity contribution is 6.06. The Balaban J connectivity index is 1.58. The van der Waals surface area contributed by atoms with E-state index >= 15 is 0 Å². The van der Waals surface area contributed by atoms with Gasteiger partial charge in [0.25, 0.3) is 5.91 Å². The quantitative estimate of drug-likeness (QED) is 0.338. The number of carbonyl (C=O) groups excluding carboxylic acids is 1. The highest BCUT2D eigenvalue weighted by Crippen LogP contribution is 2.33. The number of hydrogen-bond acceptors (Lipinski definition) is 5. The summed E-state index contributed by atoms with van der Waals surface area (Å²) >= 11 is 0. The minimum atomic E-state index is -4.52. The van der Waals surface area contributed by atoms with Gasteiger partial charge in [-0.3, -0.25) is 10.1 Å². The van der Waals surface area contributed by atoms with Crippen LogP contribution < -0.4 is 5.32 Å². The third-order valence-electron chi connectivity index (χ3n) is 5.39. The highest BCUT2D eigenvalue weighted by atomic mass is 19.4. The van der Waals surface area contributed by atoms with Gasteiger partial charge in [-0.1, -0.05) is 18.2 Å². The van der Waals surface area contributed by atoms with Gasteiger partial charge >= 0.3 is 6.18 Å². The summed E-state index contributed by atoms with van der Waals surface area (Å²) in [6.07, 6.45) is -3.04. The van der Waals surface area contributed by atoms with Crippen molar-refractivity contribution in [2.75, 3.05) is 12.4 Å². The first-order valence-electron chi connectivity index (χ1n) is 10.3. The summed E-state index contributed by atoms with van der Waals surface area (Å²) in [6, 6.07) is 13.8. The number of methoxy groups -OCH3 is 1. The zero-order valence-electron chi connectivity index (χ0n) is 17.8. The van der Waals surface area contributed by atoms with Gasteiger partial charge in [-0.05, 0) is 36.4 Å². The maximum absolute atomic E-state index is 13.2. The van der Waals surface area contributed by atoms with Gasteiger partial charge in [0.05, 0.1) is 36.0 Å². The number of halogens is 3. The van der Waals surface area contributed by atoms with E-state index in [0.29, 0.717) is 22.4 Å². The monoisotopic (exact) mass is 469 g/mol. The molecule has 0 aliphatic heterocycles. The largest absolute Gasteiger partial charge is 0.467 e. The Morgan fingerprint density at radius 2 is 1.97 bits per heavy atom. The fraction of sp³-hybridized carbons (Fsp3) is 0.167. The molecule has 0 saturated heterocycles. The Morgan fingerprint density at radius 1 is 1.15 bits per heavy atom. The summed E-state index contributed by atoms with van der Waals surface area (Å²) in [6.45, 7) is 0.285. The number of amides is 1. The SMILES string of the molecule is COCc1c(C(=O)Nc2nc3cc(C(F)(F)F)ccc3n2Cc2ccco2)oc2ccccc12. The Hall–Kier alpha value is -4.05. The zero-order valence-corrected chi connectivity index (χ0v) is 17.8. The fourth-order valence-corrected chi connectivity index (χ4v) is 3.85. The second-order valence-electron chi connectivity index (χ2n) is 7.60. The van der Waals surface area contributed by atoms with Crippen LogP contribution in [0.4, 0.5) is 19.1 Å². The number of hydrogen-bond donors (Lipinski definition) is 1. The first-order valence-corrected chi connectivity index (χ1v) is 10.3. The van der Waals surface area contributed by atoms with E-state index in [1.54, 1.807) is 28.8 Å². The number of nitrogens with one attached hydrogen (secondary N) is 1. The number of anilines is 1. The molecule has 174 valence electrons. The Morgan fingerprint density at radius 3 is 2.71 bits per heavy atom. The second kappa shape index (κ2) is 8.38. The minimum absolute atomic E-state index is 0.0376. The molecule has 0 aliphatic rings. The lowest BCUT2D eigenvalue weighted by Gasteiger charge is -2.09. The van der Waals surface area contributed by atoms with Crippen LogP contribution >= 0.6 is 0 Å². The van der Waals surface area contributed by atoms with E-state index in [2.05, 4.69) is 10.3 Å². The standard InChI is InChI=1S/C24H18F3N3O4/c1-32-13-17-16-6-2-3-7-20(16)34-21(17)22(31)29-23-28-18-11-14(24(25,26)27)8-9-19(18)30(23)12-15-5-4-10-33-15/h2-11H,12-13H2,1H3,(H,28,29,31). The van der Waals surface area contributed by atoms with Crippen LogP contribution in [0.15, 0.2) is 69.7 Å². The number of carbonyl (C=O) groups is 1. The summed E-state index contributed by atoms with van der Waals surface area (Å²) in [4.78, 5) is 17.5. The first-order chi connectivity index (χ1) is 16.3. The summed E-state index contributed by atoms with van der Waals surface area (Å²) in [5.74, 6) is 0.0315. The molecular weight excluding hydrogens is 451 g/mol. The van der Waals surface area contributed by atoms with E-state index in [0.717, 1.165) is 17.5 Å². The Bertz CT molecular complexity index is 1480. The molecule has 5 rings (SSSR count). The van der Waals surface area contributed by atoms with Crippen molar-refractivity contribution >= 4 is 33.9 Å². The van der Waals surface area contributed by atoms with Gasteiger partial charge in [0.1, 0.15) is 11.3 Å². The molecule has 0 spiro atoms. The Labute approximate surface area is 190 Å². The Kier molecular flexibility index (Phi) is 5.37. The summed E-state index contributed by atoms with van der Waals surface area (Å²) < 4.78 is 57.7. The number of rotatable bonds is 6. The molecule has 0 unspecified atom stereocenters. The van der Waals surface area contributed by atoms with Crippen LogP contribution in [0.25, 0.3) is 22.0 Å². The predicted octanol–water partition coefficient (Wildman–Crippen LogP) is 5.84. The molecule has 7 nitrogen and oxygen atoms in total. The van der Waals surface area contributed by atoms with Crippen molar-refractivity contribution < 1.29 is 31.5 Å². The lowest BCUT2D eigenvalue weighted by atomic mass is 10.1. The van der Waals surface area contributed by atoms with Crippen LogP contribution in [-0.4, -0.2) is 22.6 Å². The van der Waals surface area contributed by atoms with Gasteiger partial charge in [-0.15, -0.1) is 0 Å². The molecule has 34 heavy (non-hydrogen) atoms. The smallest absolute Gasteiger partial charge is 0.416 e. The van der Waals surface area contributed by atoms with Gasteiger partial charge in [0, 0.05) is 18.1 Å². The van der Waals surface area contributed by atoms with Gasteiger partial charge in [-0.2, -0.15) is 13.2 Å². The van der Waals surface area contributed by atoms with E-state index in [1.165, 1.54) is 19.4 Å². The van der Waals surface area contributed by atoms with Gasteiger partial charge in [0.15, 0.2) is 5.76 Å². The van der Waals surface area contributed by atoms with E-state index in [1.807, 2.05) is 12.1 Å². The number of nitrogens with zero attached hydrogens (tertiary/aromatic N) is 2. The molecule has 0 fully saturated rings. The number of furan rings is 2. The molecule has 0 radical (unpaired) electrons. The van der Waals surface area contributed by atoms with Gasteiger partial charge < -0.3 is 18.1 Å². The van der Waals surface area contributed by atoms with Crippen molar-refractivity contribution in [1.29, 1.82) is 0 Å². The van der Waals surface area contributed by atoms with E-state index in [-0.39, 0.29) is 30.4 Å². The van der Waals surface area contributed by atoms with Gasteiger partial charge in [-0.25, -0.2) is 4.98 Å². The first kappa shape index (κ1) is 21.8. The number of para-hydroxylation sites is 1. The van der Waals surface area contributed by atoms with E-state index < -0.39 is 17.6 Å². The maximum Gasteiger partial charge on any atom is 0.416 e. The maximum atomic E-state index is 13.2. The molecule has 0 aliphatic carbocycles. The minimum Gasteiger partial charge on any atom is -0.467 e. The summed E-state index contributed by atoms with van der Waals surface area (Å²) in [5.41, 5.74) is 0.724. The van der Waals surface area contributed by atoms with E-state index in [4.69, 9.17) is 13.6 Å². The number of fused-ring (bicyclic) bond motifs is 2. The van der Waals surface area contributed by atoms with Crippen LogP contribution in [0.3, 0.4) is 0 Å². The fourth-order valence-electron chi connectivity index (χ4n) is 3.85. The molecule has 2 aromatic carbocycles. The van der Waals surface area contributed by atoms with Crippen molar-refractivity contribution in [1.82, 2.24) is 9.55 Å². The van der Waals surface area contributed by atoms with Crippen LogP contribution in [-0.2, 0) is 24.1 Å². The molecule has 0 bridgehead atoms. The van der Waals surface area contributed by atoms with E-state index in [9.17, 15) is 18.0 Å². The summed E-state index contributed by atoms with van der Waals surface area (Å²) in [7, 11) is 1.50. The van der Waals surface area contributed by atoms with Crippen molar-refractivity contribution in [3.63, 3.8) is 0 Å². The molecule has 10 heteroatoms. The molecule has 0 saturated carbocycles. The lowest BCUT2D eigenvalue weighted by Crippen LogP contribution is -2.17. The highest BCUT2D eigenvalue weighted by Gasteiger charge is 2.31. The number of alkyl halides is 3. The number of benzene rings is 2. The molecule has 3 heterocycles. The van der Waals surface area contributed by atoms with Crippen molar-refractivity contribution in [3.8, 4) is 0 Å². The molecular formula is C24H18F3N3O4. The lowest BCUT2D eigenvalue weighted by molar-refractivity contribution is -0.137. The molecule has 1 amide bonds. The predicted molar refractivity (Wildman–Crippen MR) is 117 cm³/mol. The third-order valence-corrected chi connectivity index (χ3v) is 5.39. The topological polar surface area (TPSA) is 82.4 Å². The van der Waals surface area contributed by atoms with Crippen molar-refractivity contribution in [2.45, 2.75) is 19.3 Å². The molecule has 1 N–H and O–H groups in total. The zero-order chi connectivity index (χ0) is 23.9. The van der Waals surface area contributed by atoms with Crippen molar-refractivity contribution in [3.05, 3.63) is 83.5 Å². The average Bonchev–Trinajstić information content (AvgIpc) is 3.52. The molecule has 0 atom stereocenters. The number of imidazole rings is 1. The van der Waals surface area contributed by atoms with Crippen molar-refractivity contribution in [2.24, 2.45) is 0 Å². The second-order valence-corrected chi connectivity index (χ2v) is 7.60.